The molecule has 0 spiro atoms. The number of benzene rings is 4. The monoisotopic (exact) mass is 408 g/mol. The fourth-order valence-corrected chi connectivity index (χ4v) is 3.17. The average Bonchev–Trinajstić information content (AvgIpc) is 2.75. The lowest BCUT2D eigenvalue weighted by Gasteiger charge is -2.11. The van der Waals surface area contributed by atoms with Gasteiger partial charge in [-0.2, -0.15) is 0 Å². The molecule has 0 aromatic heterocycles. The van der Waals surface area contributed by atoms with E-state index in [9.17, 15) is 17.6 Å². The summed E-state index contributed by atoms with van der Waals surface area (Å²) in [5.41, 5.74) is 1.10. The predicted molar refractivity (Wildman–Crippen MR) is 108 cm³/mol. The first-order valence-corrected chi connectivity index (χ1v) is 9.23. The fourth-order valence-electron chi connectivity index (χ4n) is 3.17. The summed E-state index contributed by atoms with van der Waals surface area (Å²) in [6.07, 6.45) is 0. The topological polar surface area (TPSA) is 9.23 Å². The van der Waals surface area contributed by atoms with Crippen LogP contribution in [-0.2, 0) is 6.61 Å². The molecule has 0 aliphatic heterocycles. The van der Waals surface area contributed by atoms with Crippen LogP contribution in [0.1, 0.15) is 5.56 Å². The third kappa shape index (κ3) is 4.06. The zero-order valence-corrected chi connectivity index (χ0v) is 15.7. The van der Waals surface area contributed by atoms with Gasteiger partial charge in [0, 0.05) is 22.8 Å². The summed E-state index contributed by atoms with van der Waals surface area (Å²) in [6, 6.07) is 21.1. The summed E-state index contributed by atoms with van der Waals surface area (Å²) in [7, 11) is 0. The highest BCUT2D eigenvalue weighted by Gasteiger charge is 2.15. The van der Waals surface area contributed by atoms with Crippen molar-refractivity contribution in [1.82, 2.24) is 0 Å². The molecule has 0 saturated heterocycles. The lowest BCUT2D eigenvalue weighted by Crippen LogP contribution is -1.97. The molecule has 0 aliphatic carbocycles. The van der Waals surface area contributed by atoms with E-state index in [4.69, 9.17) is 4.74 Å². The van der Waals surface area contributed by atoms with E-state index in [1.54, 1.807) is 6.07 Å². The Labute approximate surface area is 171 Å². The van der Waals surface area contributed by atoms with Crippen molar-refractivity contribution in [1.29, 1.82) is 0 Å². The van der Waals surface area contributed by atoms with E-state index in [0.717, 1.165) is 17.7 Å². The quantitative estimate of drug-likeness (QED) is 0.319. The van der Waals surface area contributed by atoms with Crippen LogP contribution in [0.4, 0.5) is 17.6 Å². The Morgan fingerprint density at radius 1 is 0.567 bits per heavy atom. The number of halogens is 4. The molecule has 0 bridgehead atoms. The van der Waals surface area contributed by atoms with Crippen LogP contribution < -0.4 is 4.74 Å². The van der Waals surface area contributed by atoms with Gasteiger partial charge < -0.3 is 4.74 Å². The van der Waals surface area contributed by atoms with Crippen molar-refractivity contribution in [3.63, 3.8) is 0 Å². The van der Waals surface area contributed by atoms with Gasteiger partial charge in [-0.3, -0.25) is 0 Å². The van der Waals surface area contributed by atoms with Crippen LogP contribution in [-0.4, -0.2) is 0 Å². The number of hydrogen-bond acceptors (Lipinski definition) is 1. The van der Waals surface area contributed by atoms with Gasteiger partial charge >= 0.3 is 0 Å². The highest BCUT2D eigenvalue weighted by atomic mass is 19.2. The summed E-state index contributed by atoms with van der Waals surface area (Å²) < 4.78 is 62.3. The molecule has 0 heterocycles. The maximum absolute atomic E-state index is 14.7. The molecule has 0 amide bonds. The van der Waals surface area contributed by atoms with Gasteiger partial charge in [-0.25, -0.2) is 17.6 Å². The van der Waals surface area contributed by atoms with Gasteiger partial charge in [-0.05, 0) is 35.4 Å². The molecule has 0 atom stereocenters. The molecular weight excluding hydrogens is 392 g/mol. The lowest BCUT2D eigenvalue weighted by atomic mass is 9.99. The fraction of sp³-hybridized carbons (Fsp3) is 0.0400. The van der Waals surface area contributed by atoms with Crippen molar-refractivity contribution in [3.05, 3.63) is 114 Å². The van der Waals surface area contributed by atoms with Gasteiger partial charge in [0.05, 0.1) is 0 Å². The van der Waals surface area contributed by atoms with E-state index in [1.165, 1.54) is 36.4 Å². The second kappa shape index (κ2) is 8.41. The standard InChI is InChI=1S/C25H16F4O/c26-22-8-4-7-19(25(22)29)17-9-11-20(23(27)13-17)21-12-10-18(14-24(21)28)30-15-16-5-2-1-3-6-16/h1-14H,15H2. The molecule has 4 aromatic carbocycles. The largest absolute Gasteiger partial charge is 0.489 e. The number of ether oxygens (including phenoxy) is 1. The van der Waals surface area contributed by atoms with Crippen LogP contribution in [0.5, 0.6) is 5.75 Å². The van der Waals surface area contributed by atoms with Crippen LogP contribution in [0.15, 0.2) is 84.9 Å². The van der Waals surface area contributed by atoms with Crippen LogP contribution in [0, 0.1) is 23.3 Å². The summed E-state index contributed by atoms with van der Waals surface area (Å²) in [6.45, 7) is 0.280. The molecule has 5 heteroatoms. The molecule has 4 rings (SSSR count). The average molecular weight is 408 g/mol. The Kier molecular flexibility index (Phi) is 5.53. The minimum atomic E-state index is -1.06. The van der Waals surface area contributed by atoms with Gasteiger partial charge in [-0.15, -0.1) is 0 Å². The second-order valence-corrected chi connectivity index (χ2v) is 6.71. The van der Waals surface area contributed by atoms with Crippen LogP contribution in [0.2, 0.25) is 0 Å². The Balaban J connectivity index is 1.58. The van der Waals surface area contributed by atoms with Crippen molar-refractivity contribution in [3.8, 4) is 28.0 Å². The molecule has 0 N–H and O–H groups in total. The van der Waals surface area contributed by atoms with Gasteiger partial charge in [0.25, 0.3) is 0 Å². The summed E-state index contributed by atoms with van der Waals surface area (Å²) in [5, 5.41) is 0. The minimum absolute atomic E-state index is 0.0164. The zero-order valence-electron chi connectivity index (χ0n) is 15.7. The van der Waals surface area contributed by atoms with Crippen LogP contribution >= 0.6 is 0 Å². The van der Waals surface area contributed by atoms with Gasteiger partial charge in [0.2, 0.25) is 0 Å². The summed E-state index contributed by atoms with van der Waals surface area (Å²) in [4.78, 5) is 0. The molecule has 0 fully saturated rings. The van der Waals surface area contributed by atoms with E-state index < -0.39 is 23.3 Å². The van der Waals surface area contributed by atoms with Crippen molar-refractivity contribution < 1.29 is 22.3 Å². The maximum atomic E-state index is 14.7. The molecule has 0 aliphatic rings. The highest BCUT2D eigenvalue weighted by Crippen LogP contribution is 2.32. The number of hydrogen-bond donors (Lipinski definition) is 0. The third-order valence-corrected chi connectivity index (χ3v) is 4.71. The SMILES string of the molecule is Fc1cc(OCc2ccccc2)ccc1-c1ccc(-c2cccc(F)c2F)cc1F. The van der Waals surface area contributed by atoms with Gasteiger partial charge in [0.15, 0.2) is 11.6 Å². The molecule has 0 saturated carbocycles. The van der Waals surface area contributed by atoms with E-state index in [2.05, 4.69) is 0 Å². The molecule has 30 heavy (non-hydrogen) atoms. The van der Waals surface area contributed by atoms with E-state index >= 15 is 0 Å². The Hall–Kier alpha value is -3.60. The molecule has 0 radical (unpaired) electrons. The van der Waals surface area contributed by atoms with Gasteiger partial charge in [0.1, 0.15) is 24.0 Å². The normalized spacial score (nSPS) is 10.8. The number of rotatable bonds is 5. The van der Waals surface area contributed by atoms with Crippen molar-refractivity contribution in [2.24, 2.45) is 0 Å². The van der Waals surface area contributed by atoms with Crippen LogP contribution in [0.25, 0.3) is 22.3 Å². The molecule has 1 nitrogen and oxygen atoms in total. The zero-order chi connectivity index (χ0) is 21.1. The third-order valence-electron chi connectivity index (χ3n) is 4.71. The first-order chi connectivity index (χ1) is 14.5. The molecule has 0 unspecified atom stereocenters. The molecular formula is C25H16F4O. The first kappa shape index (κ1) is 19.7. The van der Waals surface area contributed by atoms with Crippen molar-refractivity contribution in [2.75, 3.05) is 0 Å². The molecule has 150 valence electrons. The predicted octanol–water partition coefficient (Wildman–Crippen LogP) is 7.16. The van der Waals surface area contributed by atoms with E-state index in [1.807, 2.05) is 30.3 Å². The van der Waals surface area contributed by atoms with Gasteiger partial charge in [-0.1, -0.05) is 54.6 Å². The van der Waals surface area contributed by atoms with Crippen molar-refractivity contribution in [2.45, 2.75) is 6.61 Å². The Morgan fingerprint density at radius 2 is 1.27 bits per heavy atom. The first-order valence-electron chi connectivity index (χ1n) is 9.23. The van der Waals surface area contributed by atoms with E-state index in [0.29, 0.717) is 5.75 Å². The lowest BCUT2D eigenvalue weighted by molar-refractivity contribution is 0.304. The minimum Gasteiger partial charge on any atom is -0.489 e. The van der Waals surface area contributed by atoms with E-state index in [-0.39, 0.29) is 28.9 Å². The molecule has 4 aromatic rings. The summed E-state index contributed by atoms with van der Waals surface area (Å²) >= 11 is 0. The van der Waals surface area contributed by atoms with Crippen LogP contribution in [0.3, 0.4) is 0 Å². The summed E-state index contributed by atoms with van der Waals surface area (Å²) in [5.74, 6) is -3.15. The second-order valence-electron chi connectivity index (χ2n) is 6.71. The smallest absolute Gasteiger partial charge is 0.166 e. The maximum Gasteiger partial charge on any atom is 0.166 e. The highest BCUT2D eigenvalue weighted by molar-refractivity contribution is 5.72. The van der Waals surface area contributed by atoms with Crippen molar-refractivity contribution >= 4 is 0 Å². The Bertz CT molecular complexity index is 1190. The Morgan fingerprint density at radius 3 is 1.97 bits per heavy atom.